The van der Waals surface area contributed by atoms with Crippen LogP contribution in [0, 0.1) is 11.8 Å². The topological polar surface area (TPSA) is 24.4 Å². The molecule has 0 saturated heterocycles. The van der Waals surface area contributed by atoms with Gasteiger partial charge in [-0.1, -0.05) is 68.5 Å². The molecule has 1 aliphatic heterocycles. The molecule has 25 heavy (non-hydrogen) atoms. The second-order valence-electron chi connectivity index (χ2n) is 7.74. The van der Waals surface area contributed by atoms with Crippen LogP contribution in [0.1, 0.15) is 45.1 Å². The Morgan fingerprint density at radius 2 is 1.92 bits per heavy atom. The lowest BCUT2D eigenvalue weighted by Crippen LogP contribution is -2.40. The van der Waals surface area contributed by atoms with Crippen molar-refractivity contribution in [3.8, 4) is 0 Å². The standard InChI is InChI=1S/C23H28N2/c1-16-13-14-17(2)20(15-16)22-21(18-9-5-3-6-10-18)24-23(25-22)19-11-7-4-8-12-19/h3-5,7-9,11-12,15-17,21-22H,6,10,13-14H2,1-2H3,(H,24,25). The molecule has 0 radical (unpaired) electrons. The van der Waals surface area contributed by atoms with Gasteiger partial charge in [0.1, 0.15) is 5.84 Å². The smallest absolute Gasteiger partial charge is 0.129 e. The summed E-state index contributed by atoms with van der Waals surface area (Å²) in [7, 11) is 0. The summed E-state index contributed by atoms with van der Waals surface area (Å²) in [6.45, 7) is 4.73. The maximum atomic E-state index is 5.16. The fourth-order valence-corrected chi connectivity index (χ4v) is 4.33. The molecule has 2 nitrogen and oxygen atoms in total. The number of benzene rings is 1. The Morgan fingerprint density at radius 3 is 2.68 bits per heavy atom. The average Bonchev–Trinajstić information content (AvgIpc) is 3.10. The van der Waals surface area contributed by atoms with Crippen molar-refractivity contribution in [3.05, 3.63) is 71.3 Å². The normalized spacial score (nSPS) is 31.8. The van der Waals surface area contributed by atoms with Crippen molar-refractivity contribution in [2.75, 3.05) is 0 Å². The van der Waals surface area contributed by atoms with Crippen molar-refractivity contribution >= 4 is 5.84 Å². The average molecular weight is 332 g/mol. The molecule has 4 atom stereocenters. The van der Waals surface area contributed by atoms with Crippen LogP contribution in [0.15, 0.2) is 70.8 Å². The molecular formula is C23H28N2. The zero-order valence-electron chi connectivity index (χ0n) is 15.3. The first-order valence-electron chi connectivity index (χ1n) is 9.69. The summed E-state index contributed by atoms with van der Waals surface area (Å²) in [4.78, 5) is 5.16. The summed E-state index contributed by atoms with van der Waals surface area (Å²) >= 11 is 0. The maximum absolute atomic E-state index is 5.16. The van der Waals surface area contributed by atoms with Crippen LogP contribution in [0.5, 0.6) is 0 Å². The summed E-state index contributed by atoms with van der Waals surface area (Å²) in [5, 5.41) is 3.79. The SMILES string of the molecule is CC1C=C(C2NC(c3ccccc3)=NC2C2=CC=CCC2)C(C)CC1. The highest BCUT2D eigenvalue weighted by Gasteiger charge is 2.37. The second-order valence-corrected chi connectivity index (χ2v) is 7.74. The van der Waals surface area contributed by atoms with Crippen molar-refractivity contribution in [3.63, 3.8) is 0 Å². The van der Waals surface area contributed by atoms with Gasteiger partial charge in [-0.15, -0.1) is 0 Å². The molecule has 1 aromatic rings. The lowest BCUT2D eigenvalue weighted by Gasteiger charge is -2.32. The van der Waals surface area contributed by atoms with E-state index in [2.05, 4.69) is 73.8 Å². The third kappa shape index (κ3) is 3.35. The van der Waals surface area contributed by atoms with Crippen molar-refractivity contribution < 1.29 is 0 Å². The monoisotopic (exact) mass is 332 g/mol. The Balaban J connectivity index is 1.70. The van der Waals surface area contributed by atoms with E-state index in [9.17, 15) is 0 Å². The molecule has 1 heterocycles. The Hall–Kier alpha value is -2.09. The molecular weight excluding hydrogens is 304 g/mol. The van der Waals surface area contributed by atoms with E-state index in [1.54, 1.807) is 5.57 Å². The molecule has 2 heteroatoms. The number of hydrogen-bond donors (Lipinski definition) is 1. The highest BCUT2D eigenvalue weighted by Crippen LogP contribution is 2.36. The van der Waals surface area contributed by atoms with Gasteiger partial charge in [-0.3, -0.25) is 4.99 Å². The van der Waals surface area contributed by atoms with Crippen LogP contribution in [0.4, 0.5) is 0 Å². The summed E-state index contributed by atoms with van der Waals surface area (Å²) < 4.78 is 0. The number of rotatable bonds is 3. The molecule has 1 aromatic carbocycles. The van der Waals surface area contributed by atoms with Crippen LogP contribution < -0.4 is 5.32 Å². The van der Waals surface area contributed by atoms with Gasteiger partial charge in [-0.25, -0.2) is 0 Å². The number of aliphatic imine (C=N–C) groups is 1. The van der Waals surface area contributed by atoms with Gasteiger partial charge in [0.2, 0.25) is 0 Å². The van der Waals surface area contributed by atoms with Crippen LogP contribution in [-0.4, -0.2) is 17.9 Å². The first kappa shape index (κ1) is 16.4. The molecule has 0 aromatic heterocycles. The minimum Gasteiger partial charge on any atom is -0.361 e. The van der Waals surface area contributed by atoms with Crippen LogP contribution in [0.3, 0.4) is 0 Å². The van der Waals surface area contributed by atoms with E-state index in [4.69, 9.17) is 4.99 Å². The van der Waals surface area contributed by atoms with Crippen LogP contribution >= 0.6 is 0 Å². The number of nitrogens with one attached hydrogen (secondary N) is 1. The van der Waals surface area contributed by atoms with Gasteiger partial charge in [0, 0.05) is 5.56 Å². The van der Waals surface area contributed by atoms with E-state index >= 15 is 0 Å². The van der Waals surface area contributed by atoms with Crippen molar-refractivity contribution in [2.24, 2.45) is 16.8 Å². The first-order valence-corrected chi connectivity index (χ1v) is 9.69. The fourth-order valence-electron chi connectivity index (χ4n) is 4.33. The van der Waals surface area contributed by atoms with Crippen molar-refractivity contribution in [1.82, 2.24) is 5.32 Å². The van der Waals surface area contributed by atoms with E-state index in [0.29, 0.717) is 17.9 Å². The van der Waals surface area contributed by atoms with Gasteiger partial charge in [0.05, 0.1) is 12.1 Å². The van der Waals surface area contributed by atoms with Crippen molar-refractivity contribution in [2.45, 2.75) is 51.6 Å². The van der Waals surface area contributed by atoms with Gasteiger partial charge < -0.3 is 5.32 Å². The van der Waals surface area contributed by atoms with Crippen molar-refractivity contribution in [1.29, 1.82) is 0 Å². The lowest BCUT2D eigenvalue weighted by molar-refractivity contribution is 0.436. The summed E-state index contributed by atoms with van der Waals surface area (Å²) in [6.07, 6.45) is 14.1. The highest BCUT2D eigenvalue weighted by molar-refractivity contribution is 6.00. The van der Waals surface area contributed by atoms with E-state index in [1.165, 1.54) is 24.0 Å². The molecule has 3 aliphatic rings. The number of nitrogens with zero attached hydrogens (tertiary/aromatic N) is 1. The van der Waals surface area contributed by atoms with Crippen LogP contribution in [0.2, 0.25) is 0 Å². The van der Waals surface area contributed by atoms with Gasteiger partial charge in [0.15, 0.2) is 0 Å². The Labute approximate surface area is 151 Å². The molecule has 1 N–H and O–H groups in total. The molecule has 0 spiro atoms. The van der Waals surface area contributed by atoms with Crippen LogP contribution in [0.25, 0.3) is 0 Å². The summed E-state index contributed by atoms with van der Waals surface area (Å²) in [5.41, 5.74) is 4.23. The minimum absolute atomic E-state index is 0.235. The molecule has 4 rings (SSSR count). The number of amidine groups is 1. The molecule has 0 amide bonds. The Bertz CT molecular complexity index is 739. The Kier molecular flexibility index (Phi) is 4.61. The molecule has 130 valence electrons. The third-order valence-electron chi connectivity index (χ3n) is 5.81. The largest absolute Gasteiger partial charge is 0.361 e. The van der Waals surface area contributed by atoms with Gasteiger partial charge in [-0.2, -0.15) is 0 Å². The zero-order chi connectivity index (χ0) is 17.2. The summed E-state index contributed by atoms with van der Waals surface area (Å²) in [5.74, 6) is 2.37. The molecule has 4 unspecified atom stereocenters. The van der Waals surface area contributed by atoms with E-state index in [0.717, 1.165) is 18.7 Å². The maximum Gasteiger partial charge on any atom is 0.129 e. The van der Waals surface area contributed by atoms with Gasteiger partial charge >= 0.3 is 0 Å². The fraction of sp³-hybridized carbons (Fsp3) is 0.435. The minimum atomic E-state index is 0.235. The first-order chi connectivity index (χ1) is 12.2. The van der Waals surface area contributed by atoms with Crippen LogP contribution in [-0.2, 0) is 0 Å². The zero-order valence-corrected chi connectivity index (χ0v) is 15.3. The molecule has 0 saturated carbocycles. The second kappa shape index (κ2) is 7.03. The Morgan fingerprint density at radius 1 is 1.08 bits per heavy atom. The molecule has 2 aliphatic carbocycles. The third-order valence-corrected chi connectivity index (χ3v) is 5.81. The summed E-state index contributed by atoms with van der Waals surface area (Å²) in [6, 6.07) is 11.1. The quantitative estimate of drug-likeness (QED) is 0.770. The van der Waals surface area contributed by atoms with E-state index in [1.807, 2.05) is 0 Å². The van der Waals surface area contributed by atoms with Gasteiger partial charge in [-0.05, 0) is 48.7 Å². The predicted molar refractivity (Wildman–Crippen MR) is 106 cm³/mol. The highest BCUT2D eigenvalue weighted by atomic mass is 15.1. The van der Waals surface area contributed by atoms with E-state index in [-0.39, 0.29) is 6.04 Å². The molecule has 0 bridgehead atoms. The van der Waals surface area contributed by atoms with E-state index < -0.39 is 0 Å². The number of hydrogen-bond acceptors (Lipinski definition) is 2. The van der Waals surface area contributed by atoms with Gasteiger partial charge in [0.25, 0.3) is 0 Å². The molecule has 0 fully saturated rings. The lowest BCUT2D eigenvalue weighted by atomic mass is 9.77. The number of allylic oxidation sites excluding steroid dienone is 4. The predicted octanol–water partition coefficient (Wildman–Crippen LogP) is 5.04.